The van der Waals surface area contributed by atoms with Crippen molar-refractivity contribution >= 4 is 11.8 Å². The third-order valence-electron chi connectivity index (χ3n) is 2.29. The molecule has 0 aromatic carbocycles. The van der Waals surface area contributed by atoms with E-state index in [1.807, 2.05) is 19.1 Å². The van der Waals surface area contributed by atoms with E-state index in [4.69, 9.17) is 4.74 Å². The molecule has 0 amide bonds. The molecule has 0 aliphatic rings. The molecule has 0 saturated carbocycles. The Morgan fingerprint density at radius 1 is 1.29 bits per heavy atom. The third-order valence-corrected chi connectivity index (χ3v) is 2.29. The minimum atomic E-state index is -0.317. The van der Waals surface area contributed by atoms with E-state index in [2.05, 4.69) is 4.98 Å². The highest BCUT2D eigenvalue weighted by atomic mass is 16.5. The number of nitrogens with zero attached hydrogens (tertiary/aromatic N) is 1. The summed E-state index contributed by atoms with van der Waals surface area (Å²) >= 11 is 0. The highest BCUT2D eigenvalue weighted by Crippen LogP contribution is 2.04. The van der Waals surface area contributed by atoms with Gasteiger partial charge in [-0.15, -0.1) is 0 Å². The lowest BCUT2D eigenvalue weighted by atomic mass is 10.1. The molecule has 1 aromatic heterocycles. The van der Waals surface area contributed by atoms with E-state index in [0.717, 1.165) is 11.3 Å². The van der Waals surface area contributed by atoms with E-state index in [-0.39, 0.29) is 24.6 Å². The monoisotopic (exact) mass is 235 g/mol. The molecule has 1 aromatic rings. The summed E-state index contributed by atoms with van der Waals surface area (Å²) < 4.78 is 4.75. The number of hydrogen-bond donors (Lipinski definition) is 0. The number of aromatic nitrogens is 1. The van der Waals surface area contributed by atoms with Crippen molar-refractivity contribution in [3.63, 3.8) is 0 Å². The van der Waals surface area contributed by atoms with Crippen LogP contribution in [0.4, 0.5) is 0 Å². The van der Waals surface area contributed by atoms with Gasteiger partial charge in [0.15, 0.2) is 0 Å². The second kappa shape index (κ2) is 6.78. The van der Waals surface area contributed by atoms with E-state index >= 15 is 0 Å². The Hall–Kier alpha value is -1.71. The molecule has 1 heterocycles. The molecule has 1 rings (SSSR count). The first-order valence-electron chi connectivity index (χ1n) is 5.70. The summed E-state index contributed by atoms with van der Waals surface area (Å²) in [5.74, 6) is -0.286. The van der Waals surface area contributed by atoms with Gasteiger partial charge in [0.25, 0.3) is 0 Å². The van der Waals surface area contributed by atoms with Crippen LogP contribution >= 0.6 is 0 Å². The van der Waals surface area contributed by atoms with E-state index in [0.29, 0.717) is 13.0 Å². The number of ketones is 1. The van der Waals surface area contributed by atoms with Crippen LogP contribution in [0, 0.1) is 6.92 Å². The number of rotatable bonds is 6. The van der Waals surface area contributed by atoms with Gasteiger partial charge >= 0.3 is 5.97 Å². The topological polar surface area (TPSA) is 56.3 Å². The predicted molar refractivity (Wildman–Crippen MR) is 63.6 cm³/mol. The van der Waals surface area contributed by atoms with Crippen molar-refractivity contribution < 1.29 is 14.3 Å². The highest BCUT2D eigenvalue weighted by molar-refractivity contribution is 5.84. The zero-order valence-corrected chi connectivity index (χ0v) is 10.2. The Kier molecular flexibility index (Phi) is 5.33. The number of pyridine rings is 1. The van der Waals surface area contributed by atoms with Crippen LogP contribution in [0.15, 0.2) is 18.3 Å². The minimum Gasteiger partial charge on any atom is -0.466 e. The van der Waals surface area contributed by atoms with E-state index in [1.54, 1.807) is 13.1 Å². The van der Waals surface area contributed by atoms with Crippen molar-refractivity contribution in [2.45, 2.75) is 33.1 Å². The molecule has 17 heavy (non-hydrogen) atoms. The van der Waals surface area contributed by atoms with Gasteiger partial charge in [0.1, 0.15) is 5.78 Å². The molecule has 0 fully saturated rings. The van der Waals surface area contributed by atoms with Gasteiger partial charge in [-0.1, -0.05) is 6.07 Å². The molecule has 0 bridgehead atoms. The molecule has 0 aliphatic carbocycles. The maximum Gasteiger partial charge on any atom is 0.306 e. The Balaban J connectivity index is 2.34. The van der Waals surface area contributed by atoms with Crippen LogP contribution < -0.4 is 0 Å². The average molecular weight is 235 g/mol. The summed E-state index contributed by atoms with van der Waals surface area (Å²) in [5, 5.41) is 0. The first-order valence-corrected chi connectivity index (χ1v) is 5.70. The Bertz CT molecular complexity index is 384. The fourth-order valence-electron chi connectivity index (χ4n) is 1.39. The molecule has 0 unspecified atom stereocenters. The van der Waals surface area contributed by atoms with Gasteiger partial charge < -0.3 is 4.74 Å². The van der Waals surface area contributed by atoms with Crippen molar-refractivity contribution in [1.82, 2.24) is 4.98 Å². The first kappa shape index (κ1) is 13.4. The molecule has 0 spiro atoms. The quantitative estimate of drug-likeness (QED) is 0.706. The van der Waals surface area contributed by atoms with E-state index < -0.39 is 0 Å². The van der Waals surface area contributed by atoms with Crippen molar-refractivity contribution in [2.75, 3.05) is 6.61 Å². The fourth-order valence-corrected chi connectivity index (χ4v) is 1.39. The van der Waals surface area contributed by atoms with Gasteiger partial charge in [-0.05, 0) is 25.5 Å². The number of Topliss-reactive ketones (excluding diaryl/α,β-unsaturated/α-hetero) is 1. The highest BCUT2D eigenvalue weighted by Gasteiger charge is 2.08. The SMILES string of the molecule is CCOC(=O)CCC(=O)Cc1ccc(C)nc1. The molecule has 0 atom stereocenters. The number of aryl methyl sites for hydroxylation is 1. The van der Waals surface area contributed by atoms with Crippen molar-refractivity contribution in [2.24, 2.45) is 0 Å². The maximum atomic E-state index is 11.6. The third kappa shape index (κ3) is 5.24. The smallest absolute Gasteiger partial charge is 0.306 e. The molecular formula is C13H17NO3. The Morgan fingerprint density at radius 3 is 2.65 bits per heavy atom. The molecular weight excluding hydrogens is 218 g/mol. The summed E-state index contributed by atoms with van der Waals surface area (Å²) in [5.41, 5.74) is 1.80. The lowest BCUT2D eigenvalue weighted by Crippen LogP contribution is -2.09. The zero-order chi connectivity index (χ0) is 12.7. The molecule has 4 nitrogen and oxygen atoms in total. The van der Waals surface area contributed by atoms with Crippen molar-refractivity contribution in [3.8, 4) is 0 Å². The van der Waals surface area contributed by atoms with E-state index in [9.17, 15) is 9.59 Å². The van der Waals surface area contributed by atoms with Crippen LogP contribution in [0.25, 0.3) is 0 Å². The van der Waals surface area contributed by atoms with Crippen molar-refractivity contribution in [1.29, 1.82) is 0 Å². The first-order chi connectivity index (χ1) is 8.11. The number of carbonyl (C=O) groups is 2. The van der Waals surface area contributed by atoms with Gasteiger partial charge in [0, 0.05) is 24.7 Å². The normalized spacial score (nSPS) is 10.0. The number of hydrogen-bond acceptors (Lipinski definition) is 4. The summed E-state index contributed by atoms with van der Waals surface area (Å²) in [6.07, 6.45) is 2.41. The molecule has 92 valence electrons. The van der Waals surface area contributed by atoms with Crippen LogP contribution in [-0.4, -0.2) is 23.3 Å². The fraction of sp³-hybridized carbons (Fsp3) is 0.462. The number of carbonyl (C=O) groups excluding carboxylic acids is 2. The average Bonchev–Trinajstić information content (AvgIpc) is 2.30. The molecule has 0 radical (unpaired) electrons. The standard InChI is InChI=1S/C13H17NO3/c1-3-17-13(16)7-6-12(15)8-11-5-4-10(2)14-9-11/h4-5,9H,3,6-8H2,1-2H3. The summed E-state index contributed by atoms with van der Waals surface area (Å²) in [6.45, 7) is 4.00. The van der Waals surface area contributed by atoms with Gasteiger partial charge in [-0.25, -0.2) is 0 Å². The Labute approximate surface area is 101 Å². The van der Waals surface area contributed by atoms with Crippen molar-refractivity contribution in [3.05, 3.63) is 29.6 Å². The second-order valence-corrected chi connectivity index (χ2v) is 3.83. The lowest BCUT2D eigenvalue weighted by Gasteiger charge is -2.02. The summed E-state index contributed by atoms with van der Waals surface area (Å²) in [7, 11) is 0. The van der Waals surface area contributed by atoms with Gasteiger partial charge in [-0.2, -0.15) is 0 Å². The minimum absolute atomic E-state index is 0.0312. The predicted octanol–water partition coefficient (Wildman–Crippen LogP) is 1.84. The Morgan fingerprint density at radius 2 is 2.06 bits per heavy atom. The summed E-state index contributed by atoms with van der Waals surface area (Å²) in [6, 6.07) is 3.75. The summed E-state index contributed by atoms with van der Waals surface area (Å²) in [4.78, 5) is 26.7. The van der Waals surface area contributed by atoms with Crippen LogP contribution in [0.1, 0.15) is 31.0 Å². The van der Waals surface area contributed by atoms with Crippen LogP contribution in [0.2, 0.25) is 0 Å². The van der Waals surface area contributed by atoms with Gasteiger partial charge in [0.05, 0.1) is 13.0 Å². The number of esters is 1. The van der Waals surface area contributed by atoms with Crippen LogP contribution in [-0.2, 0) is 20.7 Å². The second-order valence-electron chi connectivity index (χ2n) is 3.83. The lowest BCUT2D eigenvalue weighted by molar-refractivity contribution is -0.144. The number of ether oxygens (including phenoxy) is 1. The molecule has 4 heteroatoms. The molecule has 0 aliphatic heterocycles. The van der Waals surface area contributed by atoms with Crippen LogP contribution in [0.3, 0.4) is 0 Å². The van der Waals surface area contributed by atoms with Gasteiger partial charge in [0.2, 0.25) is 0 Å². The largest absolute Gasteiger partial charge is 0.466 e. The molecule has 0 N–H and O–H groups in total. The molecule has 0 saturated heterocycles. The zero-order valence-electron chi connectivity index (χ0n) is 10.2. The van der Waals surface area contributed by atoms with E-state index in [1.165, 1.54) is 0 Å². The van der Waals surface area contributed by atoms with Crippen LogP contribution in [0.5, 0.6) is 0 Å². The van der Waals surface area contributed by atoms with Gasteiger partial charge in [-0.3, -0.25) is 14.6 Å². The maximum absolute atomic E-state index is 11.6.